The molecule has 1 aromatic rings. The predicted molar refractivity (Wildman–Crippen MR) is 72.3 cm³/mol. The molecule has 0 radical (unpaired) electrons. The highest BCUT2D eigenvalue weighted by molar-refractivity contribution is 5.44. The summed E-state index contributed by atoms with van der Waals surface area (Å²) in [7, 11) is 2.10. The van der Waals surface area contributed by atoms with Crippen molar-refractivity contribution >= 4 is 5.69 Å². The number of hydrogen-bond acceptors (Lipinski definition) is 3. The molecule has 1 rings (SSSR count). The van der Waals surface area contributed by atoms with Gasteiger partial charge in [-0.05, 0) is 31.4 Å². The predicted octanol–water partition coefficient (Wildman–Crippen LogP) is 3.15. The Morgan fingerprint density at radius 1 is 1.18 bits per heavy atom. The van der Waals surface area contributed by atoms with Crippen LogP contribution in [0.25, 0.3) is 0 Å². The molecule has 1 heterocycles. The van der Waals surface area contributed by atoms with Crippen molar-refractivity contribution in [3.63, 3.8) is 0 Å². The molecule has 0 aliphatic heterocycles. The van der Waals surface area contributed by atoms with Gasteiger partial charge in [-0.1, -0.05) is 20.8 Å². The van der Waals surface area contributed by atoms with Gasteiger partial charge < -0.3 is 10.0 Å². The Kier molecular flexibility index (Phi) is 5.42. The van der Waals surface area contributed by atoms with Gasteiger partial charge in [0.2, 0.25) is 0 Å². The van der Waals surface area contributed by atoms with Crippen molar-refractivity contribution in [1.29, 1.82) is 0 Å². The minimum atomic E-state index is -0.442. The Balaban J connectivity index is 2.79. The molecular weight excluding hydrogens is 212 g/mol. The van der Waals surface area contributed by atoms with Gasteiger partial charge in [-0.25, -0.2) is 0 Å². The van der Waals surface area contributed by atoms with Gasteiger partial charge in [-0.15, -0.1) is 0 Å². The third kappa shape index (κ3) is 3.43. The van der Waals surface area contributed by atoms with Gasteiger partial charge in [-0.3, -0.25) is 4.98 Å². The summed E-state index contributed by atoms with van der Waals surface area (Å²) in [5.74, 6) is 0. The molecular formula is C14H24N2O. The number of aliphatic hydroxyl groups is 1. The highest BCUT2D eigenvalue weighted by Crippen LogP contribution is 2.20. The van der Waals surface area contributed by atoms with Crippen LogP contribution in [0.2, 0.25) is 0 Å². The third-order valence-electron chi connectivity index (χ3n) is 3.40. The molecule has 0 unspecified atom stereocenters. The van der Waals surface area contributed by atoms with Crippen LogP contribution in [0.4, 0.5) is 5.69 Å². The molecule has 3 heteroatoms. The summed E-state index contributed by atoms with van der Waals surface area (Å²) in [6.45, 7) is 6.36. The number of nitrogens with zero attached hydrogens (tertiary/aromatic N) is 2. The first kappa shape index (κ1) is 14.0. The van der Waals surface area contributed by atoms with E-state index in [2.05, 4.69) is 30.8 Å². The van der Waals surface area contributed by atoms with Crippen molar-refractivity contribution in [2.75, 3.05) is 11.9 Å². The molecule has 17 heavy (non-hydrogen) atoms. The van der Waals surface area contributed by atoms with E-state index in [1.54, 1.807) is 0 Å². The van der Waals surface area contributed by atoms with Crippen LogP contribution in [-0.4, -0.2) is 23.2 Å². The van der Waals surface area contributed by atoms with Crippen molar-refractivity contribution < 1.29 is 5.11 Å². The lowest BCUT2D eigenvalue weighted by molar-refractivity contribution is 0.169. The zero-order valence-corrected chi connectivity index (χ0v) is 11.3. The average Bonchev–Trinajstić information content (AvgIpc) is 2.39. The van der Waals surface area contributed by atoms with Gasteiger partial charge in [0, 0.05) is 13.1 Å². The Morgan fingerprint density at radius 3 is 2.24 bits per heavy atom. The van der Waals surface area contributed by atoms with Crippen molar-refractivity contribution in [2.24, 2.45) is 0 Å². The maximum atomic E-state index is 9.68. The third-order valence-corrected chi connectivity index (χ3v) is 3.40. The smallest absolute Gasteiger partial charge is 0.0957 e. The first-order chi connectivity index (χ1) is 8.13. The Morgan fingerprint density at radius 2 is 1.82 bits per heavy atom. The first-order valence-electron chi connectivity index (χ1n) is 6.50. The highest BCUT2D eigenvalue weighted by Gasteiger charge is 2.12. The van der Waals surface area contributed by atoms with Gasteiger partial charge in [0.25, 0.3) is 0 Å². The minimum Gasteiger partial charge on any atom is -0.387 e. The molecule has 0 bridgehead atoms. The topological polar surface area (TPSA) is 36.4 Å². The van der Waals surface area contributed by atoms with Gasteiger partial charge in [-0.2, -0.15) is 0 Å². The van der Waals surface area contributed by atoms with E-state index < -0.39 is 6.10 Å². The van der Waals surface area contributed by atoms with Gasteiger partial charge >= 0.3 is 0 Å². The second kappa shape index (κ2) is 6.60. The van der Waals surface area contributed by atoms with Gasteiger partial charge in [0.05, 0.1) is 23.7 Å². The maximum absolute atomic E-state index is 9.68. The lowest BCUT2D eigenvalue weighted by Gasteiger charge is -2.28. The summed E-state index contributed by atoms with van der Waals surface area (Å²) in [5.41, 5.74) is 1.87. The van der Waals surface area contributed by atoms with E-state index in [9.17, 15) is 5.11 Å². The normalized spacial score (nSPS) is 12.8. The molecule has 0 aliphatic carbocycles. The number of aliphatic hydroxyl groups excluding tert-OH is 1. The van der Waals surface area contributed by atoms with Crippen LogP contribution in [0.3, 0.4) is 0 Å². The minimum absolute atomic E-state index is 0.442. The Labute approximate surface area is 104 Å². The first-order valence-corrected chi connectivity index (χ1v) is 6.50. The summed E-state index contributed by atoms with van der Waals surface area (Å²) < 4.78 is 0. The van der Waals surface area contributed by atoms with Crippen molar-refractivity contribution in [1.82, 2.24) is 4.98 Å². The van der Waals surface area contributed by atoms with E-state index in [0.717, 1.165) is 24.2 Å². The average molecular weight is 236 g/mol. The quantitative estimate of drug-likeness (QED) is 0.824. The Hall–Kier alpha value is -1.09. The summed E-state index contributed by atoms with van der Waals surface area (Å²) in [5, 5.41) is 9.68. The molecule has 1 atom stereocenters. The molecule has 0 aromatic carbocycles. The second-order valence-electron chi connectivity index (χ2n) is 4.45. The fourth-order valence-corrected chi connectivity index (χ4v) is 2.06. The van der Waals surface area contributed by atoms with Crippen LogP contribution >= 0.6 is 0 Å². The summed E-state index contributed by atoms with van der Waals surface area (Å²) in [4.78, 5) is 6.59. The van der Waals surface area contributed by atoms with Gasteiger partial charge in [0.1, 0.15) is 0 Å². The highest BCUT2D eigenvalue weighted by atomic mass is 16.3. The van der Waals surface area contributed by atoms with E-state index in [4.69, 9.17) is 0 Å². The van der Waals surface area contributed by atoms with Crippen LogP contribution in [0.5, 0.6) is 0 Å². The van der Waals surface area contributed by atoms with E-state index >= 15 is 0 Å². The largest absolute Gasteiger partial charge is 0.387 e. The fourth-order valence-electron chi connectivity index (χ4n) is 2.06. The van der Waals surface area contributed by atoms with Crippen molar-refractivity contribution in [3.05, 3.63) is 24.0 Å². The zero-order valence-electron chi connectivity index (χ0n) is 11.3. The molecule has 0 saturated heterocycles. The molecule has 1 N–H and O–H groups in total. The monoisotopic (exact) mass is 236 g/mol. The molecule has 0 saturated carbocycles. The molecule has 1 aromatic heterocycles. The summed E-state index contributed by atoms with van der Waals surface area (Å²) in [6, 6.07) is 4.51. The maximum Gasteiger partial charge on any atom is 0.0957 e. The second-order valence-corrected chi connectivity index (χ2v) is 4.45. The van der Waals surface area contributed by atoms with Gasteiger partial charge in [0.15, 0.2) is 0 Å². The van der Waals surface area contributed by atoms with Crippen molar-refractivity contribution in [2.45, 2.75) is 52.2 Å². The molecule has 0 spiro atoms. The van der Waals surface area contributed by atoms with Crippen molar-refractivity contribution in [3.8, 4) is 0 Å². The number of aromatic nitrogens is 1. The zero-order chi connectivity index (χ0) is 12.8. The summed E-state index contributed by atoms with van der Waals surface area (Å²) >= 11 is 0. The molecule has 0 aliphatic rings. The van der Waals surface area contributed by atoms with Crippen LogP contribution in [0.1, 0.15) is 51.8 Å². The van der Waals surface area contributed by atoms with Crippen LogP contribution in [0, 0.1) is 0 Å². The molecule has 96 valence electrons. The van der Waals surface area contributed by atoms with Crippen LogP contribution < -0.4 is 4.90 Å². The molecule has 0 fully saturated rings. The molecule has 3 nitrogen and oxygen atoms in total. The van der Waals surface area contributed by atoms with E-state index in [0.29, 0.717) is 12.5 Å². The number of anilines is 1. The fraction of sp³-hybridized carbons (Fsp3) is 0.643. The lowest BCUT2D eigenvalue weighted by Crippen LogP contribution is -2.30. The van der Waals surface area contributed by atoms with E-state index in [1.165, 1.54) is 0 Å². The Bertz CT molecular complexity index is 319. The SMILES string of the molecule is CCC(CC)N(C)c1ccc([C@@H](O)CC)nc1. The molecule has 0 amide bonds. The summed E-state index contributed by atoms with van der Waals surface area (Å²) in [6.07, 6.45) is 4.38. The number of hydrogen-bond donors (Lipinski definition) is 1. The van der Waals surface area contributed by atoms with E-state index in [1.807, 2.05) is 25.3 Å². The van der Waals surface area contributed by atoms with Crippen LogP contribution in [0.15, 0.2) is 18.3 Å². The van der Waals surface area contributed by atoms with E-state index in [-0.39, 0.29) is 0 Å². The van der Waals surface area contributed by atoms with Crippen LogP contribution in [-0.2, 0) is 0 Å². The lowest BCUT2D eigenvalue weighted by atomic mass is 10.1. The number of pyridine rings is 1. The number of rotatable bonds is 6. The standard InChI is InChI=1S/C14H24N2O/c1-5-11(6-2)16(4)12-8-9-13(15-10-12)14(17)7-3/h8-11,14,17H,5-7H2,1-4H3/t14-/m0/s1.